The fourth-order valence-corrected chi connectivity index (χ4v) is 3.27. The van der Waals surface area contributed by atoms with E-state index in [0.29, 0.717) is 0 Å². The van der Waals surface area contributed by atoms with Gasteiger partial charge >= 0.3 is 0 Å². The fraction of sp³-hybridized carbons (Fsp3) is 0.350. The highest BCUT2D eigenvalue weighted by molar-refractivity contribution is 5.79. The first-order chi connectivity index (χ1) is 12.1. The van der Waals surface area contributed by atoms with Gasteiger partial charge in [-0.25, -0.2) is 0 Å². The summed E-state index contributed by atoms with van der Waals surface area (Å²) in [5, 5.41) is 12.6. The SMILES string of the molecule is COc1cccc(N2CCCC(NC(=O)Cc3cccc(O)c3)C2)c1. The zero-order valence-corrected chi connectivity index (χ0v) is 14.4. The van der Waals surface area contributed by atoms with Crippen molar-refractivity contribution in [2.75, 3.05) is 25.1 Å². The zero-order chi connectivity index (χ0) is 17.6. The summed E-state index contributed by atoms with van der Waals surface area (Å²) >= 11 is 0. The van der Waals surface area contributed by atoms with Gasteiger partial charge in [-0.15, -0.1) is 0 Å². The van der Waals surface area contributed by atoms with Crippen molar-refractivity contribution < 1.29 is 14.6 Å². The molecule has 2 aromatic rings. The van der Waals surface area contributed by atoms with Gasteiger partial charge in [-0.1, -0.05) is 18.2 Å². The Labute approximate surface area is 148 Å². The van der Waals surface area contributed by atoms with Crippen LogP contribution in [-0.2, 0) is 11.2 Å². The largest absolute Gasteiger partial charge is 0.508 e. The summed E-state index contributed by atoms with van der Waals surface area (Å²) < 4.78 is 5.30. The molecule has 5 heteroatoms. The molecule has 0 aliphatic carbocycles. The van der Waals surface area contributed by atoms with Crippen molar-refractivity contribution in [3.8, 4) is 11.5 Å². The van der Waals surface area contributed by atoms with E-state index in [9.17, 15) is 9.90 Å². The highest BCUT2D eigenvalue weighted by Gasteiger charge is 2.22. The number of methoxy groups -OCH3 is 1. The number of benzene rings is 2. The van der Waals surface area contributed by atoms with Gasteiger partial charge in [0.2, 0.25) is 5.91 Å². The number of anilines is 1. The molecule has 0 radical (unpaired) electrons. The number of aromatic hydroxyl groups is 1. The van der Waals surface area contributed by atoms with Crippen LogP contribution in [0.3, 0.4) is 0 Å². The van der Waals surface area contributed by atoms with Gasteiger partial charge in [0.25, 0.3) is 0 Å². The standard InChI is InChI=1S/C20H24N2O3/c1-25-19-9-3-7-17(13-19)22-10-4-6-16(14-22)21-20(24)12-15-5-2-8-18(23)11-15/h2-3,5,7-9,11,13,16,23H,4,6,10,12,14H2,1H3,(H,21,24). The first kappa shape index (κ1) is 17.1. The topological polar surface area (TPSA) is 61.8 Å². The molecule has 1 heterocycles. The molecule has 3 rings (SSSR count). The van der Waals surface area contributed by atoms with Crippen LogP contribution in [-0.4, -0.2) is 37.3 Å². The molecule has 2 N–H and O–H groups in total. The van der Waals surface area contributed by atoms with E-state index in [1.54, 1.807) is 25.3 Å². The molecular formula is C20H24N2O3. The van der Waals surface area contributed by atoms with Crippen LogP contribution in [0.1, 0.15) is 18.4 Å². The predicted molar refractivity (Wildman–Crippen MR) is 98.2 cm³/mol. The maximum Gasteiger partial charge on any atom is 0.224 e. The molecule has 1 amide bonds. The fourth-order valence-electron chi connectivity index (χ4n) is 3.27. The molecule has 1 atom stereocenters. The second-order valence-corrected chi connectivity index (χ2v) is 6.40. The van der Waals surface area contributed by atoms with E-state index in [0.717, 1.165) is 42.9 Å². The van der Waals surface area contributed by atoms with Crippen molar-refractivity contribution in [3.05, 3.63) is 54.1 Å². The lowest BCUT2D eigenvalue weighted by molar-refractivity contribution is -0.121. The third-order valence-electron chi connectivity index (χ3n) is 4.48. The van der Waals surface area contributed by atoms with E-state index >= 15 is 0 Å². The molecule has 1 aliphatic rings. The third-order valence-corrected chi connectivity index (χ3v) is 4.48. The van der Waals surface area contributed by atoms with Crippen LogP contribution in [0.4, 0.5) is 5.69 Å². The highest BCUT2D eigenvalue weighted by Crippen LogP contribution is 2.24. The van der Waals surface area contributed by atoms with Gasteiger partial charge in [-0.05, 0) is 42.7 Å². The number of rotatable bonds is 5. The van der Waals surface area contributed by atoms with Crippen molar-refractivity contribution in [1.29, 1.82) is 0 Å². The molecule has 1 fully saturated rings. The zero-order valence-electron chi connectivity index (χ0n) is 14.4. The van der Waals surface area contributed by atoms with E-state index in [-0.39, 0.29) is 24.1 Å². The Hall–Kier alpha value is -2.69. The van der Waals surface area contributed by atoms with Crippen LogP contribution in [0.5, 0.6) is 11.5 Å². The lowest BCUT2D eigenvalue weighted by Crippen LogP contribution is -2.48. The Morgan fingerprint density at radius 1 is 1.28 bits per heavy atom. The van der Waals surface area contributed by atoms with Crippen molar-refractivity contribution in [2.45, 2.75) is 25.3 Å². The van der Waals surface area contributed by atoms with E-state index in [2.05, 4.69) is 16.3 Å². The third kappa shape index (κ3) is 4.66. The molecule has 1 saturated heterocycles. The second-order valence-electron chi connectivity index (χ2n) is 6.40. The number of phenols is 1. The maximum atomic E-state index is 12.3. The first-order valence-corrected chi connectivity index (χ1v) is 8.60. The van der Waals surface area contributed by atoms with Crippen molar-refractivity contribution in [1.82, 2.24) is 5.32 Å². The highest BCUT2D eigenvalue weighted by atomic mass is 16.5. The number of nitrogens with zero attached hydrogens (tertiary/aromatic N) is 1. The van der Waals surface area contributed by atoms with Crippen molar-refractivity contribution in [2.24, 2.45) is 0 Å². The minimum Gasteiger partial charge on any atom is -0.508 e. The van der Waals surface area contributed by atoms with Crippen LogP contribution in [0.15, 0.2) is 48.5 Å². The number of carbonyl (C=O) groups excluding carboxylic acids is 1. The van der Waals surface area contributed by atoms with E-state index in [4.69, 9.17) is 4.74 Å². The Morgan fingerprint density at radius 2 is 2.12 bits per heavy atom. The van der Waals surface area contributed by atoms with Gasteiger partial charge in [-0.2, -0.15) is 0 Å². The molecule has 0 spiro atoms. The molecule has 2 aromatic carbocycles. The summed E-state index contributed by atoms with van der Waals surface area (Å²) in [7, 11) is 1.67. The minimum atomic E-state index is -0.0110. The molecule has 25 heavy (non-hydrogen) atoms. The summed E-state index contributed by atoms with van der Waals surface area (Å²) in [5.41, 5.74) is 1.93. The van der Waals surface area contributed by atoms with Crippen LogP contribution in [0.2, 0.25) is 0 Å². The number of piperidine rings is 1. The molecule has 132 valence electrons. The molecule has 1 aliphatic heterocycles. The van der Waals surface area contributed by atoms with E-state index in [1.165, 1.54) is 0 Å². The number of carbonyl (C=O) groups is 1. The lowest BCUT2D eigenvalue weighted by atomic mass is 10.0. The monoisotopic (exact) mass is 340 g/mol. The number of hydrogen-bond donors (Lipinski definition) is 2. The summed E-state index contributed by atoms with van der Waals surface area (Å²) in [6, 6.07) is 15.0. The maximum absolute atomic E-state index is 12.3. The second kappa shape index (κ2) is 7.92. The number of ether oxygens (including phenoxy) is 1. The van der Waals surface area contributed by atoms with Gasteiger partial charge in [0, 0.05) is 30.9 Å². The van der Waals surface area contributed by atoms with Crippen LogP contribution < -0.4 is 15.0 Å². The van der Waals surface area contributed by atoms with Crippen molar-refractivity contribution >= 4 is 11.6 Å². The minimum absolute atomic E-state index is 0.0110. The van der Waals surface area contributed by atoms with Gasteiger partial charge in [0.05, 0.1) is 13.5 Å². The quantitative estimate of drug-likeness (QED) is 0.879. The number of amides is 1. The summed E-state index contributed by atoms with van der Waals surface area (Å²) in [4.78, 5) is 14.6. The van der Waals surface area contributed by atoms with E-state index in [1.807, 2.05) is 24.3 Å². The average Bonchev–Trinajstić information content (AvgIpc) is 2.62. The van der Waals surface area contributed by atoms with Crippen LogP contribution in [0.25, 0.3) is 0 Å². The van der Waals surface area contributed by atoms with Gasteiger partial charge in [0.1, 0.15) is 11.5 Å². The molecule has 1 unspecified atom stereocenters. The number of nitrogens with one attached hydrogen (secondary N) is 1. The Morgan fingerprint density at radius 3 is 2.92 bits per heavy atom. The lowest BCUT2D eigenvalue weighted by Gasteiger charge is -2.35. The summed E-state index contributed by atoms with van der Waals surface area (Å²) in [6.45, 7) is 1.77. The molecular weight excluding hydrogens is 316 g/mol. The Balaban J connectivity index is 1.58. The normalized spacial score (nSPS) is 17.2. The summed E-state index contributed by atoms with van der Waals surface area (Å²) in [5.74, 6) is 1.02. The molecule has 0 bridgehead atoms. The number of phenolic OH excluding ortho intramolecular Hbond substituents is 1. The molecule has 0 aromatic heterocycles. The molecule has 5 nitrogen and oxygen atoms in total. The number of hydrogen-bond acceptors (Lipinski definition) is 4. The van der Waals surface area contributed by atoms with Gasteiger partial charge < -0.3 is 20.1 Å². The summed E-state index contributed by atoms with van der Waals surface area (Å²) in [6.07, 6.45) is 2.30. The average molecular weight is 340 g/mol. The van der Waals surface area contributed by atoms with Crippen LogP contribution in [0, 0.1) is 0 Å². The predicted octanol–water partition coefficient (Wildman–Crippen LogP) is 2.73. The smallest absolute Gasteiger partial charge is 0.224 e. The Kier molecular flexibility index (Phi) is 5.43. The first-order valence-electron chi connectivity index (χ1n) is 8.60. The van der Waals surface area contributed by atoms with Gasteiger partial charge in [-0.3, -0.25) is 4.79 Å². The Bertz CT molecular complexity index is 732. The van der Waals surface area contributed by atoms with Crippen LogP contribution >= 0.6 is 0 Å². The van der Waals surface area contributed by atoms with Gasteiger partial charge in [0.15, 0.2) is 0 Å². The van der Waals surface area contributed by atoms with Crippen molar-refractivity contribution in [3.63, 3.8) is 0 Å². The van der Waals surface area contributed by atoms with E-state index < -0.39 is 0 Å². The molecule has 0 saturated carbocycles.